The van der Waals surface area contributed by atoms with Gasteiger partial charge in [0, 0.05) is 6.54 Å². The van der Waals surface area contributed by atoms with Crippen molar-refractivity contribution < 1.29 is 16.9 Å². The Balaban J connectivity index is 0. The van der Waals surface area contributed by atoms with Crippen LogP contribution in [-0.2, 0) is 18.9 Å². The molecule has 0 saturated heterocycles. The number of unbranched alkanes of at least 4 members (excludes halogenated alkanes) is 9. The third kappa shape index (κ3) is 18.8. The van der Waals surface area contributed by atoms with Crippen LogP contribution >= 0.6 is 0 Å². The first-order valence-corrected chi connectivity index (χ1v) is 9.26. The Bertz CT molecular complexity index is 299. The zero-order valence-electron chi connectivity index (χ0n) is 13.0. The van der Waals surface area contributed by atoms with Gasteiger partial charge in [0.15, 0.2) is 0 Å². The summed E-state index contributed by atoms with van der Waals surface area (Å²) >= 11 is 0. The number of hydrogen-bond acceptors (Lipinski definition) is 5. The SMILES string of the molecule is CCCCCCCCCCCCNOS(=O)(=O)OCC.[NaH]. The maximum atomic E-state index is 11.0. The molecule has 0 radical (unpaired) electrons. The van der Waals surface area contributed by atoms with E-state index in [9.17, 15) is 8.42 Å². The van der Waals surface area contributed by atoms with E-state index in [-0.39, 0.29) is 36.2 Å². The van der Waals surface area contributed by atoms with Gasteiger partial charge < -0.3 is 0 Å². The fourth-order valence-electron chi connectivity index (χ4n) is 1.97. The van der Waals surface area contributed by atoms with Gasteiger partial charge in [0.2, 0.25) is 0 Å². The number of hydrogen-bond donors (Lipinski definition) is 1. The molecule has 0 aliphatic carbocycles. The molecule has 0 aliphatic heterocycles. The summed E-state index contributed by atoms with van der Waals surface area (Å²) in [5.41, 5.74) is 2.42. The van der Waals surface area contributed by atoms with Gasteiger partial charge in [-0.05, 0) is 13.3 Å². The van der Waals surface area contributed by atoms with Crippen molar-refractivity contribution >= 4 is 40.0 Å². The summed E-state index contributed by atoms with van der Waals surface area (Å²) in [6.45, 7) is 4.45. The summed E-state index contributed by atoms with van der Waals surface area (Å²) < 4.78 is 30.9. The molecule has 0 spiro atoms. The Kier molecular flexibility index (Phi) is 19.7. The molecule has 7 heteroatoms. The molecule has 0 rings (SSSR count). The first-order valence-electron chi connectivity index (χ1n) is 7.93. The van der Waals surface area contributed by atoms with Crippen LogP contribution in [0.2, 0.25) is 0 Å². The first kappa shape index (κ1) is 24.1. The fraction of sp³-hybridized carbons (Fsp3) is 1.00. The molecule has 5 nitrogen and oxygen atoms in total. The van der Waals surface area contributed by atoms with Crippen LogP contribution in [0.4, 0.5) is 0 Å². The van der Waals surface area contributed by atoms with Crippen LogP contribution in [-0.4, -0.2) is 51.1 Å². The molecule has 1 N–H and O–H groups in total. The monoisotopic (exact) mass is 333 g/mol. The minimum absolute atomic E-state index is 0. The molecule has 0 aliphatic rings. The fourth-order valence-corrected chi connectivity index (χ4v) is 2.53. The Morgan fingerprint density at radius 1 is 0.810 bits per heavy atom. The van der Waals surface area contributed by atoms with E-state index >= 15 is 0 Å². The Labute approximate surface area is 153 Å². The van der Waals surface area contributed by atoms with Crippen LogP contribution in [0.5, 0.6) is 0 Å². The minimum atomic E-state index is -3.86. The topological polar surface area (TPSA) is 64.6 Å². The molecule has 0 unspecified atom stereocenters. The summed E-state index contributed by atoms with van der Waals surface area (Å²) in [6, 6.07) is 0. The van der Waals surface area contributed by atoms with Gasteiger partial charge in [-0.25, -0.2) is 4.18 Å². The third-order valence-corrected chi connectivity index (χ3v) is 3.90. The van der Waals surface area contributed by atoms with E-state index in [1.807, 2.05) is 0 Å². The van der Waals surface area contributed by atoms with Gasteiger partial charge in [-0.3, -0.25) is 0 Å². The van der Waals surface area contributed by atoms with Gasteiger partial charge in [-0.1, -0.05) is 64.7 Å². The van der Waals surface area contributed by atoms with Gasteiger partial charge in [0.25, 0.3) is 0 Å². The van der Waals surface area contributed by atoms with E-state index in [2.05, 4.69) is 20.9 Å². The van der Waals surface area contributed by atoms with Crippen molar-refractivity contribution in [3.63, 3.8) is 0 Å². The molecule has 0 aromatic rings. The Morgan fingerprint density at radius 3 is 1.76 bits per heavy atom. The van der Waals surface area contributed by atoms with Crippen molar-refractivity contribution in [2.45, 2.75) is 78.1 Å². The van der Waals surface area contributed by atoms with Gasteiger partial charge in [-0.2, -0.15) is 18.2 Å². The average molecular weight is 333 g/mol. The average Bonchev–Trinajstić information content (AvgIpc) is 2.40. The number of nitrogens with one attached hydrogen (secondary N) is 1. The Hall–Kier alpha value is 0.830. The van der Waals surface area contributed by atoms with E-state index < -0.39 is 10.4 Å². The van der Waals surface area contributed by atoms with Crippen molar-refractivity contribution in [1.29, 1.82) is 0 Å². The van der Waals surface area contributed by atoms with Crippen molar-refractivity contribution in [2.24, 2.45) is 0 Å². The zero-order valence-corrected chi connectivity index (χ0v) is 13.8. The van der Waals surface area contributed by atoms with Crippen LogP contribution in [0.15, 0.2) is 0 Å². The van der Waals surface area contributed by atoms with Crippen LogP contribution in [0.25, 0.3) is 0 Å². The zero-order chi connectivity index (χ0) is 15.1. The second kappa shape index (κ2) is 17.2. The summed E-state index contributed by atoms with van der Waals surface area (Å²) in [6.07, 6.45) is 12.5. The normalized spacial score (nSPS) is 11.3. The molecule has 0 fully saturated rings. The molecule has 0 amide bonds. The predicted molar refractivity (Wildman–Crippen MR) is 88.6 cm³/mol. The van der Waals surface area contributed by atoms with Crippen molar-refractivity contribution in [3.05, 3.63) is 0 Å². The van der Waals surface area contributed by atoms with Gasteiger partial charge in [-0.15, -0.1) is 0 Å². The quantitative estimate of drug-likeness (QED) is 0.283. The molecule has 0 saturated carbocycles. The summed E-state index contributed by atoms with van der Waals surface area (Å²) in [4.78, 5) is 0. The molecule has 124 valence electrons. The summed E-state index contributed by atoms with van der Waals surface area (Å²) in [7, 11) is -3.86. The van der Waals surface area contributed by atoms with E-state index in [1.165, 1.54) is 51.4 Å². The van der Waals surface area contributed by atoms with Crippen LogP contribution in [0, 0.1) is 0 Å². The van der Waals surface area contributed by atoms with E-state index in [0.29, 0.717) is 6.54 Å². The predicted octanol–water partition coefficient (Wildman–Crippen LogP) is 3.06. The first-order chi connectivity index (χ1) is 9.62. The molecule has 0 bridgehead atoms. The summed E-state index contributed by atoms with van der Waals surface area (Å²) in [5, 5.41) is 0. The molecule has 0 aromatic heterocycles. The van der Waals surface area contributed by atoms with Crippen LogP contribution < -0.4 is 5.48 Å². The molecule has 0 aromatic carbocycles. The third-order valence-electron chi connectivity index (χ3n) is 3.06. The van der Waals surface area contributed by atoms with E-state index in [1.54, 1.807) is 6.92 Å². The molecular formula is C14H32NNaO4S. The van der Waals surface area contributed by atoms with Gasteiger partial charge in [0.1, 0.15) is 0 Å². The van der Waals surface area contributed by atoms with Gasteiger partial charge in [0.05, 0.1) is 6.61 Å². The molecular weight excluding hydrogens is 301 g/mol. The standard InChI is InChI=1S/C14H31NO4S.Na.H/c1-3-5-6-7-8-9-10-11-12-13-14-15-19-20(16,17)18-4-2;;/h15H,3-14H2,1-2H3;;. The van der Waals surface area contributed by atoms with Crippen molar-refractivity contribution in [1.82, 2.24) is 5.48 Å². The number of hydroxylamine groups is 1. The molecule has 21 heavy (non-hydrogen) atoms. The molecule has 0 heterocycles. The van der Waals surface area contributed by atoms with Gasteiger partial charge >= 0.3 is 40.0 Å². The molecule has 0 atom stereocenters. The summed E-state index contributed by atoms with van der Waals surface area (Å²) in [5.74, 6) is 0. The van der Waals surface area contributed by atoms with Crippen molar-refractivity contribution in [2.75, 3.05) is 13.2 Å². The van der Waals surface area contributed by atoms with E-state index in [0.717, 1.165) is 12.8 Å². The maximum absolute atomic E-state index is 11.0. The van der Waals surface area contributed by atoms with E-state index in [4.69, 9.17) is 0 Å². The van der Waals surface area contributed by atoms with Crippen molar-refractivity contribution in [3.8, 4) is 0 Å². The Morgan fingerprint density at radius 2 is 1.29 bits per heavy atom. The second-order valence-electron chi connectivity index (χ2n) is 4.97. The van der Waals surface area contributed by atoms with Crippen LogP contribution in [0.3, 0.4) is 0 Å². The van der Waals surface area contributed by atoms with Crippen LogP contribution in [0.1, 0.15) is 78.1 Å². The number of rotatable bonds is 15. The second-order valence-corrected chi connectivity index (χ2v) is 6.19.